The molecule has 0 atom stereocenters. The third kappa shape index (κ3) is 4.24. The van der Waals surface area contributed by atoms with E-state index in [4.69, 9.17) is 5.11 Å². The summed E-state index contributed by atoms with van der Waals surface area (Å²) in [5, 5.41) is 12.7. The van der Waals surface area contributed by atoms with Gasteiger partial charge in [0, 0.05) is 18.2 Å². The molecule has 0 aliphatic carbocycles. The molecule has 2 N–H and O–H groups in total. The van der Waals surface area contributed by atoms with E-state index in [-0.39, 0.29) is 0 Å². The molecule has 2 bridgehead atoms. The fraction of sp³-hybridized carbons (Fsp3) is 1.00. The Hall–Kier alpha value is -0.0800. The Morgan fingerprint density at radius 2 is 1.50 bits per heavy atom. The van der Waals surface area contributed by atoms with Gasteiger partial charge in [0.2, 0.25) is 0 Å². The van der Waals surface area contributed by atoms with Crippen LogP contribution in [0.25, 0.3) is 0 Å². The highest BCUT2D eigenvalue weighted by molar-refractivity contribution is 4.98. The summed E-state index contributed by atoms with van der Waals surface area (Å²) in [7, 11) is 0. The second-order valence-electron chi connectivity index (χ2n) is 6.50. The molecule has 0 unspecified atom stereocenters. The van der Waals surface area contributed by atoms with Crippen molar-refractivity contribution in [3.63, 3.8) is 0 Å². The standard InChI is InChI=1S/C16H31NO/c18-14-6-4-2-1-3-5-11-16-12-7-9-15(17-16)10-8-13-16/h15,17-18H,1-14H2. The molecule has 0 aromatic heterocycles. The molecule has 2 heteroatoms. The van der Waals surface area contributed by atoms with Crippen LogP contribution in [-0.2, 0) is 0 Å². The number of hydrogen-bond donors (Lipinski definition) is 2. The van der Waals surface area contributed by atoms with Gasteiger partial charge >= 0.3 is 0 Å². The minimum Gasteiger partial charge on any atom is -0.396 e. The van der Waals surface area contributed by atoms with Crippen molar-refractivity contribution in [3.8, 4) is 0 Å². The highest BCUT2D eigenvalue weighted by atomic mass is 16.2. The number of fused-ring (bicyclic) bond motifs is 2. The first-order valence-electron chi connectivity index (χ1n) is 8.23. The highest BCUT2D eigenvalue weighted by Gasteiger charge is 2.37. The average Bonchev–Trinajstić information content (AvgIpc) is 2.38. The van der Waals surface area contributed by atoms with Gasteiger partial charge in [-0.25, -0.2) is 0 Å². The molecule has 0 radical (unpaired) electrons. The molecule has 106 valence electrons. The van der Waals surface area contributed by atoms with E-state index in [1.807, 2.05) is 0 Å². The van der Waals surface area contributed by atoms with E-state index < -0.39 is 0 Å². The van der Waals surface area contributed by atoms with Crippen LogP contribution in [0.3, 0.4) is 0 Å². The number of rotatable bonds is 8. The molecule has 2 rings (SSSR count). The van der Waals surface area contributed by atoms with Crippen LogP contribution in [0.2, 0.25) is 0 Å². The number of nitrogens with one attached hydrogen (secondary N) is 1. The Labute approximate surface area is 113 Å². The van der Waals surface area contributed by atoms with Crippen LogP contribution in [-0.4, -0.2) is 23.3 Å². The molecule has 0 amide bonds. The first-order valence-corrected chi connectivity index (χ1v) is 8.23. The zero-order chi connectivity index (χ0) is 12.7. The van der Waals surface area contributed by atoms with E-state index in [2.05, 4.69) is 5.32 Å². The first kappa shape index (κ1) is 14.3. The normalized spacial score (nSPS) is 31.5. The Balaban J connectivity index is 1.57. The summed E-state index contributed by atoms with van der Waals surface area (Å²) in [6, 6.07) is 0.844. The highest BCUT2D eigenvalue weighted by Crippen LogP contribution is 2.37. The van der Waals surface area contributed by atoms with Crippen LogP contribution in [0.1, 0.15) is 83.5 Å². The smallest absolute Gasteiger partial charge is 0.0431 e. The van der Waals surface area contributed by atoms with Crippen LogP contribution < -0.4 is 5.32 Å². The maximum Gasteiger partial charge on any atom is 0.0431 e. The maximum atomic E-state index is 8.73. The van der Waals surface area contributed by atoms with Crippen LogP contribution >= 0.6 is 0 Å². The number of aliphatic hydroxyl groups excluding tert-OH is 1. The van der Waals surface area contributed by atoms with E-state index in [1.54, 1.807) is 0 Å². The Morgan fingerprint density at radius 1 is 0.889 bits per heavy atom. The fourth-order valence-corrected chi connectivity index (χ4v) is 3.97. The molecule has 0 spiro atoms. The molecule has 0 aromatic rings. The summed E-state index contributed by atoms with van der Waals surface area (Å²) >= 11 is 0. The molecule has 18 heavy (non-hydrogen) atoms. The minimum absolute atomic E-state index is 0.369. The fourth-order valence-electron chi connectivity index (χ4n) is 3.97. The summed E-state index contributed by atoms with van der Waals surface area (Å²) in [5.41, 5.74) is 0.534. The van der Waals surface area contributed by atoms with Crippen LogP contribution in [0.5, 0.6) is 0 Å². The lowest BCUT2D eigenvalue weighted by molar-refractivity contribution is 0.128. The van der Waals surface area contributed by atoms with Gasteiger partial charge < -0.3 is 10.4 Å². The SMILES string of the molecule is OCCCCCCCCC12CCCC(CCC1)N2. The third-order valence-corrected chi connectivity index (χ3v) is 4.99. The zero-order valence-corrected chi connectivity index (χ0v) is 11.9. The van der Waals surface area contributed by atoms with Gasteiger partial charge in [0.25, 0.3) is 0 Å². The van der Waals surface area contributed by atoms with Crippen LogP contribution in [0, 0.1) is 0 Å². The van der Waals surface area contributed by atoms with Crippen molar-refractivity contribution in [2.24, 2.45) is 0 Å². The molecule has 0 aromatic carbocycles. The Morgan fingerprint density at radius 3 is 2.17 bits per heavy atom. The minimum atomic E-state index is 0.369. The van der Waals surface area contributed by atoms with Gasteiger partial charge in [-0.1, -0.05) is 44.9 Å². The van der Waals surface area contributed by atoms with E-state index >= 15 is 0 Å². The molecule has 2 fully saturated rings. The van der Waals surface area contributed by atoms with Crippen molar-refractivity contribution in [2.45, 2.75) is 95.1 Å². The summed E-state index contributed by atoms with van der Waals surface area (Å²) in [4.78, 5) is 0. The van der Waals surface area contributed by atoms with Gasteiger partial charge in [-0.3, -0.25) is 0 Å². The topological polar surface area (TPSA) is 32.3 Å². The van der Waals surface area contributed by atoms with Gasteiger partial charge in [-0.05, 0) is 38.5 Å². The van der Waals surface area contributed by atoms with Crippen molar-refractivity contribution in [2.75, 3.05) is 6.61 Å². The van der Waals surface area contributed by atoms with Gasteiger partial charge in [0.05, 0.1) is 0 Å². The first-order chi connectivity index (χ1) is 8.85. The Bertz CT molecular complexity index is 219. The van der Waals surface area contributed by atoms with E-state index in [0.717, 1.165) is 12.5 Å². The predicted molar refractivity (Wildman–Crippen MR) is 76.8 cm³/mol. The molecular formula is C16H31NO. The van der Waals surface area contributed by atoms with Crippen molar-refractivity contribution in [1.29, 1.82) is 0 Å². The van der Waals surface area contributed by atoms with Gasteiger partial charge in [-0.2, -0.15) is 0 Å². The van der Waals surface area contributed by atoms with Gasteiger partial charge in [0.15, 0.2) is 0 Å². The Kier molecular flexibility index (Phi) is 5.97. The molecule has 2 aliphatic rings. The van der Waals surface area contributed by atoms with E-state index in [0.29, 0.717) is 12.1 Å². The maximum absolute atomic E-state index is 8.73. The molecule has 0 saturated carbocycles. The second-order valence-corrected chi connectivity index (χ2v) is 6.50. The van der Waals surface area contributed by atoms with E-state index in [9.17, 15) is 0 Å². The molecule has 2 aliphatic heterocycles. The molecular weight excluding hydrogens is 222 g/mol. The summed E-state index contributed by atoms with van der Waals surface area (Å²) in [5.74, 6) is 0. The predicted octanol–water partition coefficient (Wildman–Crippen LogP) is 3.77. The van der Waals surface area contributed by atoms with E-state index in [1.165, 1.54) is 77.0 Å². The van der Waals surface area contributed by atoms with Crippen molar-refractivity contribution < 1.29 is 5.11 Å². The number of piperidine rings is 2. The molecule has 2 heterocycles. The second kappa shape index (κ2) is 7.49. The van der Waals surface area contributed by atoms with Crippen LogP contribution in [0.4, 0.5) is 0 Å². The number of hydrogen-bond acceptors (Lipinski definition) is 2. The lowest BCUT2D eigenvalue weighted by atomic mass is 9.74. The number of unbranched alkanes of at least 4 members (excludes halogenated alkanes) is 5. The van der Waals surface area contributed by atoms with Gasteiger partial charge in [-0.15, -0.1) is 0 Å². The van der Waals surface area contributed by atoms with Crippen molar-refractivity contribution >= 4 is 0 Å². The summed E-state index contributed by atoms with van der Waals surface area (Å²) in [6.07, 6.45) is 17.7. The van der Waals surface area contributed by atoms with Crippen LogP contribution in [0.15, 0.2) is 0 Å². The quantitative estimate of drug-likeness (QED) is 0.645. The van der Waals surface area contributed by atoms with Gasteiger partial charge in [0.1, 0.15) is 0 Å². The molecule has 2 nitrogen and oxygen atoms in total. The largest absolute Gasteiger partial charge is 0.396 e. The average molecular weight is 253 g/mol. The van der Waals surface area contributed by atoms with Crippen molar-refractivity contribution in [1.82, 2.24) is 5.32 Å². The molecule has 2 saturated heterocycles. The third-order valence-electron chi connectivity index (χ3n) is 4.99. The monoisotopic (exact) mass is 253 g/mol. The lowest BCUT2D eigenvalue weighted by Crippen LogP contribution is -2.56. The lowest BCUT2D eigenvalue weighted by Gasteiger charge is -2.47. The zero-order valence-electron chi connectivity index (χ0n) is 11.9. The van der Waals surface area contributed by atoms with Crippen molar-refractivity contribution in [3.05, 3.63) is 0 Å². The summed E-state index contributed by atoms with van der Waals surface area (Å²) in [6.45, 7) is 0.369. The summed E-state index contributed by atoms with van der Waals surface area (Å²) < 4.78 is 0. The number of aliphatic hydroxyl groups is 1.